The number of rotatable bonds is 2. The third-order valence-corrected chi connectivity index (χ3v) is 3.05. The molecule has 1 nitrogen and oxygen atoms in total. The Bertz CT molecular complexity index is 111. The van der Waals surface area contributed by atoms with Crippen molar-refractivity contribution in [3.63, 3.8) is 0 Å². The van der Waals surface area contributed by atoms with E-state index in [-0.39, 0.29) is 0 Å². The highest BCUT2D eigenvalue weighted by molar-refractivity contribution is 4.77. The Morgan fingerprint density at radius 3 is 2.73 bits per heavy atom. The maximum Gasteiger partial charge on any atom is 0.00646 e. The lowest BCUT2D eigenvalue weighted by Gasteiger charge is -2.30. The summed E-state index contributed by atoms with van der Waals surface area (Å²) in [6.07, 6.45) is 6.72. The van der Waals surface area contributed by atoms with Crippen molar-refractivity contribution < 1.29 is 0 Å². The molecule has 0 spiro atoms. The van der Waals surface area contributed by atoms with Crippen molar-refractivity contribution >= 4 is 0 Å². The van der Waals surface area contributed by atoms with Crippen LogP contribution in [0, 0.1) is 11.8 Å². The van der Waals surface area contributed by atoms with E-state index in [1.54, 1.807) is 0 Å². The maximum atomic E-state index is 6.01. The van der Waals surface area contributed by atoms with E-state index in [0.717, 1.165) is 18.3 Å². The molecule has 0 radical (unpaired) electrons. The van der Waals surface area contributed by atoms with E-state index < -0.39 is 0 Å². The van der Waals surface area contributed by atoms with Gasteiger partial charge in [-0.2, -0.15) is 0 Å². The first-order chi connectivity index (χ1) is 5.24. The van der Waals surface area contributed by atoms with Crippen LogP contribution in [0.3, 0.4) is 0 Å². The molecule has 1 saturated carbocycles. The summed E-state index contributed by atoms with van der Waals surface area (Å²) >= 11 is 0. The molecule has 0 bridgehead atoms. The summed E-state index contributed by atoms with van der Waals surface area (Å²) < 4.78 is 0. The molecule has 0 aromatic rings. The van der Waals surface area contributed by atoms with Gasteiger partial charge in [-0.15, -0.1) is 0 Å². The minimum atomic E-state index is 0.470. The van der Waals surface area contributed by atoms with Gasteiger partial charge in [0.2, 0.25) is 0 Å². The summed E-state index contributed by atoms with van der Waals surface area (Å²) in [6.45, 7) is 4.55. The molecule has 2 N–H and O–H groups in total. The highest BCUT2D eigenvalue weighted by Gasteiger charge is 2.22. The third kappa shape index (κ3) is 2.48. The fraction of sp³-hybridized carbons (Fsp3) is 1.00. The van der Waals surface area contributed by atoms with Crippen LogP contribution in [0.4, 0.5) is 0 Å². The molecule has 0 aliphatic heterocycles. The molecule has 3 atom stereocenters. The second kappa shape index (κ2) is 4.10. The van der Waals surface area contributed by atoms with Gasteiger partial charge in [0.25, 0.3) is 0 Å². The van der Waals surface area contributed by atoms with Crippen LogP contribution in [-0.2, 0) is 0 Å². The van der Waals surface area contributed by atoms with Gasteiger partial charge in [0, 0.05) is 6.04 Å². The zero-order chi connectivity index (χ0) is 8.27. The molecule has 0 amide bonds. The van der Waals surface area contributed by atoms with Crippen molar-refractivity contribution in [2.45, 2.75) is 52.0 Å². The Balaban J connectivity index is 2.33. The lowest BCUT2D eigenvalue weighted by atomic mass is 9.78. The Kier molecular flexibility index (Phi) is 3.38. The van der Waals surface area contributed by atoms with Crippen LogP contribution >= 0.6 is 0 Å². The van der Waals surface area contributed by atoms with Crippen molar-refractivity contribution in [1.82, 2.24) is 0 Å². The first-order valence-electron chi connectivity index (χ1n) is 4.99. The molecule has 0 aromatic heterocycles. The lowest BCUT2D eigenvalue weighted by molar-refractivity contribution is 0.243. The van der Waals surface area contributed by atoms with Crippen LogP contribution in [0.25, 0.3) is 0 Å². The fourth-order valence-electron chi connectivity index (χ4n) is 2.20. The van der Waals surface area contributed by atoms with E-state index >= 15 is 0 Å². The Morgan fingerprint density at radius 1 is 1.45 bits per heavy atom. The maximum absolute atomic E-state index is 6.01. The molecule has 2 unspecified atom stereocenters. The Morgan fingerprint density at radius 2 is 2.18 bits per heavy atom. The molecule has 1 heteroatoms. The summed E-state index contributed by atoms with van der Waals surface area (Å²) in [4.78, 5) is 0. The van der Waals surface area contributed by atoms with Crippen molar-refractivity contribution in [1.29, 1.82) is 0 Å². The largest absolute Gasteiger partial charge is 0.327 e. The number of nitrogens with two attached hydrogens (primary N) is 1. The van der Waals surface area contributed by atoms with Crippen LogP contribution in [0.2, 0.25) is 0 Å². The van der Waals surface area contributed by atoms with Crippen LogP contribution in [-0.4, -0.2) is 6.04 Å². The summed E-state index contributed by atoms with van der Waals surface area (Å²) in [7, 11) is 0. The normalized spacial score (nSPS) is 35.2. The van der Waals surface area contributed by atoms with E-state index in [9.17, 15) is 0 Å². The molecule has 11 heavy (non-hydrogen) atoms. The molecule has 0 saturated heterocycles. The first-order valence-corrected chi connectivity index (χ1v) is 4.99. The van der Waals surface area contributed by atoms with E-state index in [0.29, 0.717) is 6.04 Å². The standard InChI is InChI=1S/C10H21N/c1-3-10(11)9-6-4-5-8(2)7-9/h8-10H,3-7,11H2,1-2H3/t8?,9?,10-/m1/s1. The Hall–Kier alpha value is -0.0400. The zero-order valence-corrected chi connectivity index (χ0v) is 7.84. The molecular weight excluding hydrogens is 134 g/mol. The average molecular weight is 155 g/mol. The third-order valence-electron chi connectivity index (χ3n) is 3.05. The average Bonchev–Trinajstić information content (AvgIpc) is 2.03. The first kappa shape index (κ1) is 9.05. The summed E-state index contributed by atoms with van der Waals surface area (Å²) in [6, 6.07) is 0.470. The van der Waals surface area contributed by atoms with Gasteiger partial charge in [-0.3, -0.25) is 0 Å². The summed E-state index contributed by atoms with van der Waals surface area (Å²) in [5.74, 6) is 1.75. The molecular formula is C10H21N. The smallest absolute Gasteiger partial charge is 0.00646 e. The second-order valence-electron chi connectivity index (χ2n) is 4.10. The molecule has 66 valence electrons. The molecule has 1 aliphatic carbocycles. The minimum absolute atomic E-state index is 0.470. The molecule has 1 aliphatic rings. The van der Waals surface area contributed by atoms with Crippen molar-refractivity contribution in [3.8, 4) is 0 Å². The van der Waals surface area contributed by atoms with Crippen molar-refractivity contribution in [2.24, 2.45) is 17.6 Å². The SMILES string of the molecule is CC[C@@H](N)C1CCCC(C)C1. The highest BCUT2D eigenvalue weighted by Crippen LogP contribution is 2.30. The lowest BCUT2D eigenvalue weighted by Crippen LogP contribution is -2.32. The van der Waals surface area contributed by atoms with Crippen molar-refractivity contribution in [3.05, 3.63) is 0 Å². The predicted molar refractivity (Wildman–Crippen MR) is 49.4 cm³/mol. The highest BCUT2D eigenvalue weighted by atomic mass is 14.6. The molecule has 1 fully saturated rings. The van der Waals surface area contributed by atoms with Crippen molar-refractivity contribution in [2.75, 3.05) is 0 Å². The quantitative estimate of drug-likeness (QED) is 0.651. The van der Waals surface area contributed by atoms with E-state index in [4.69, 9.17) is 5.73 Å². The molecule has 0 heterocycles. The van der Waals surface area contributed by atoms with Gasteiger partial charge in [-0.05, 0) is 31.1 Å². The minimum Gasteiger partial charge on any atom is -0.327 e. The second-order valence-corrected chi connectivity index (χ2v) is 4.10. The van der Waals surface area contributed by atoms with Crippen LogP contribution in [0.15, 0.2) is 0 Å². The van der Waals surface area contributed by atoms with Gasteiger partial charge in [0.1, 0.15) is 0 Å². The van der Waals surface area contributed by atoms with Crippen LogP contribution < -0.4 is 5.73 Å². The summed E-state index contributed by atoms with van der Waals surface area (Å²) in [5.41, 5.74) is 6.01. The van der Waals surface area contributed by atoms with Crippen LogP contribution in [0.5, 0.6) is 0 Å². The van der Waals surface area contributed by atoms with Gasteiger partial charge in [-0.1, -0.05) is 26.7 Å². The zero-order valence-electron chi connectivity index (χ0n) is 7.84. The van der Waals surface area contributed by atoms with Crippen LogP contribution in [0.1, 0.15) is 46.0 Å². The number of hydrogen-bond acceptors (Lipinski definition) is 1. The van der Waals surface area contributed by atoms with Gasteiger partial charge >= 0.3 is 0 Å². The van der Waals surface area contributed by atoms with Gasteiger partial charge < -0.3 is 5.73 Å². The van der Waals surface area contributed by atoms with E-state index in [1.807, 2.05) is 0 Å². The van der Waals surface area contributed by atoms with Gasteiger partial charge in [0.15, 0.2) is 0 Å². The molecule has 0 aromatic carbocycles. The fourth-order valence-corrected chi connectivity index (χ4v) is 2.20. The predicted octanol–water partition coefficient (Wildman–Crippen LogP) is 2.55. The van der Waals surface area contributed by atoms with Gasteiger partial charge in [-0.25, -0.2) is 0 Å². The topological polar surface area (TPSA) is 26.0 Å². The monoisotopic (exact) mass is 155 g/mol. The van der Waals surface area contributed by atoms with E-state index in [2.05, 4.69) is 13.8 Å². The number of hydrogen-bond donors (Lipinski definition) is 1. The van der Waals surface area contributed by atoms with E-state index in [1.165, 1.54) is 25.7 Å². The van der Waals surface area contributed by atoms with Gasteiger partial charge in [0.05, 0.1) is 0 Å². The summed E-state index contributed by atoms with van der Waals surface area (Å²) in [5, 5.41) is 0. The molecule has 1 rings (SSSR count). The Labute approximate surface area is 70.4 Å².